The second-order valence-electron chi connectivity index (χ2n) is 5.16. The Morgan fingerprint density at radius 2 is 1.94 bits per heavy atom. The lowest BCUT2D eigenvalue weighted by Gasteiger charge is -2.35. The normalized spacial score (nSPS) is 18.9. The van der Waals surface area contributed by atoms with Crippen molar-refractivity contribution >= 4 is 5.95 Å². The van der Waals surface area contributed by atoms with E-state index in [0.29, 0.717) is 0 Å². The average Bonchev–Trinajstić information content (AvgIpc) is 2.37. The lowest BCUT2D eigenvalue weighted by Crippen LogP contribution is -2.43. The molecule has 2 heterocycles. The number of aliphatic hydroxyl groups is 1. The van der Waals surface area contributed by atoms with Crippen LogP contribution in [0.25, 0.3) is 0 Å². The maximum Gasteiger partial charge on any atom is 0.225 e. The highest BCUT2D eigenvalue weighted by Gasteiger charge is 2.28. The van der Waals surface area contributed by atoms with Crippen LogP contribution in [0.1, 0.15) is 32.3 Å². The Kier molecular flexibility index (Phi) is 4.14. The summed E-state index contributed by atoms with van der Waals surface area (Å²) in [7, 11) is 0. The molecule has 0 radical (unpaired) electrons. The summed E-state index contributed by atoms with van der Waals surface area (Å²) < 4.78 is 0. The third-order valence-corrected chi connectivity index (χ3v) is 3.39. The summed E-state index contributed by atoms with van der Waals surface area (Å²) in [6, 6.07) is 0. The van der Waals surface area contributed by atoms with Gasteiger partial charge in [0.25, 0.3) is 0 Å². The van der Waals surface area contributed by atoms with Gasteiger partial charge in [0.2, 0.25) is 5.95 Å². The SMILES string of the molecule is CCNCc1cnc(N2CCC(C)(O)CC2)nc1. The summed E-state index contributed by atoms with van der Waals surface area (Å²) in [6.07, 6.45) is 5.29. The Labute approximate surface area is 108 Å². The molecule has 1 aromatic heterocycles. The number of nitrogens with one attached hydrogen (secondary N) is 1. The molecule has 2 rings (SSSR count). The van der Waals surface area contributed by atoms with Crippen molar-refractivity contribution in [1.29, 1.82) is 0 Å². The minimum atomic E-state index is -0.526. The molecule has 0 amide bonds. The highest BCUT2D eigenvalue weighted by Crippen LogP contribution is 2.23. The maximum atomic E-state index is 9.90. The van der Waals surface area contributed by atoms with Gasteiger partial charge in [-0.3, -0.25) is 0 Å². The van der Waals surface area contributed by atoms with Gasteiger partial charge in [0.15, 0.2) is 0 Å². The van der Waals surface area contributed by atoms with Gasteiger partial charge in [0.05, 0.1) is 5.60 Å². The van der Waals surface area contributed by atoms with E-state index in [4.69, 9.17) is 0 Å². The van der Waals surface area contributed by atoms with Crippen LogP contribution in [0.2, 0.25) is 0 Å². The molecule has 1 aliphatic rings. The van der Waals surface area contributed by atoms with Crippen LogP contribution < -0.4 is 10.2 Å². The molecule has 0 unspecified atom stereocenters. The number of rotatable bonds is 4. The van der Waals surface area contributed by atoms with Crippen LogP contribution in [-0.4, -0.2) is 40.3 Å². The van der Waals surface area contributed by atoms with Crippen LogP contribution >= 0.6 is 0 Å². The lowest BCUT2D eigenvalue weighted by molar-refractivity contribution is 0.0349. The quantitative estimate of drug-likeness (QED) is 0.832. The predicted molar refractivity (Wildman–Crippen MR) is 71.5 cm³/mol. The molecule has 18 heavy (non-hydrogen) atoms. The van der Waals surface area contributed by atoms with E-state index >= 15 is 0 Å². The van der Waals surface area contributed by atoms with Crippen molar-refractivity contribution < 1.29 is 5.11 Å². The van der Waals surface area contributed by atoms with Crippen LogP contribution in [0.3, 0.4) is 0 Å². The fourth-order valence-electron chi connectivity index (χ4n) is 2.06. The molecule has 1 aliphatic heterocycles. The Bertz CT molecular complexity index is 367. The minimum Gasteiger partial charge on any atom is -0.390 e. The van der Waals surface area contributed by atoms with Crippen LogP contribution in [0.5, 0.6) is 0 Å². The van der Waals surface area contributed by atoms with Crippen LogP contribution in [-0.2, 0) is 6.54 Å². The van der Waals surface area contributed by atoms with Gasteiger partial charge in [-0.25, -0.2) is 9.97 Å². The van der Waals surface area contributed by atoms with Crippen molar-refractivity contribution in [3.8, 4) is 0 Å². The molecule has 0 saturated carbocycles. The zero-order valence-corrected chi connectivity index (χ0v) is 11.2. The molecule has 2 N–H and O–H groups in total. The van der Waals surface area contributed by atoms with Crippen molar-refractivity contribution in [2.24, 2.45) is 0 Å². The van der Waals surface area contributed by atoms with E-state index in [9.17, 15) is 5.11 Å². The van der Waals surface area contributed by atoms with E-state index in [1.807, 2.05) is 19.3 Å². The molecular formula is C13H22N4O. The smallest absolute Gasteiger partial charge is 0.225 e. The van der Waals surface area contributed by atoms with E-state index in [-0.39, 0.29) is 0 Å². The number of piperidine rings is 1. The van der Waals surface area contributed by atoms with E-state index < -0.39 is 5.60 Å². The highest BCUT2D eigenvalue weighted by atomic mass is 16.3. The molecule has 1 saturated heterocycles. The third-order valence-electron chi connectivity index (χ3n) is 3.39. The molecule has 0 aromatic carbocycles. The van der Waals surface area contributed by atoms with E-state index in [1.165, 1.54) is 0 Å². The van der Waals surface area contributed by atoms with Crippen LogP contribution in [0.15, 0.2) is 12.4 Å². The number of hydrogen-bond acceptors (Lipinski definition) is 5. The second-order valence-corrected chi connectivity index (χ2v) is 5.16. The Morgan fingerprint density at radius 1 is 1.33 bits per heavy atom. The lowest BCUT2D eigenvalue weighted by atomic mass is 9.94. The monoisotopic (exact) mass is 250 g/mol. The maximum absolute atomic E-state index is 9.90. The molecule has 1 aromatic rings. The molecule has 0 spiro atoms. The van der Waals surface area contributed by atoms with Gasteiger partial charge >= 0.3 is 0 Å². The standard InChI is InChI=1S/C13H22N4O/c1-3-14-8-11-9-15-12(16-10-11)17-6-4-13(2,18)5-7-17/h9-10,14,18H,3-8H2,1-2H3. The summed E-state index contributed by atoms with van der Waals surface area (Å²) in [5, 5.41) is 13.2. The van der Waals surface area contributed by atoms with Gasteiger partial charge in [0, 0.05) is 37.6 Å². The van der Waals surface area contributed by atoms with Crippen LogP contribution in [0, 0.1) is 0 Å². The summed E-state index contributed by atoms with van der Waals surface area (Å²) in [4.78, 5) is 10.9. The van der Waals surface area contributed by atoms with Crippen LogP contribution in [0.4, 0.5) is 5.95 Å². The Hall–Kier alpha value is -1.20. The van der Waals surface area contributed by atoms with Crippen molar-refractivity contribution in [3.63, 3.8) is 0 Å². The first-order chi connectivity index (χ1) is 8.61. The molecule has 100 valence electrons. The molecule has 1 fully saturated rings. The zero-order chi connectivity index (χ0) is 13.0. The second kappa shape index (κ2) is 5.63. The highest BCUT2D eigenvalue weighted by molar-refractivity contribution is 5.31. The summed E-state index contributed by atoms with van der Waals surface area (Å²) in [5.41, 5.74) is 0.575. The van der Waals surface area contributed by atoms with Crippen molar-refractivity contribution in [2.75, 3.05) is 24.5 Å². The van der Waals surface area contributed by atoms with Crippen molar-refractivity contribution in [3.05, 3.63) is 18.0 Å². The van der Waals surface area contributed by atoms with Crippen molar-refractivity contribution in [2.45, 2.75) is 38.8 Å². The molecule has 0 atom stereocenters. The number of nitrogens with zero attached hydrogens (tertiary/aromatic N) is 3. The van der Waals surface area contributed by atoms with Gasteiger partial charge in [-0.1, -0.05) is 6.92 Å². The van der Waals surface area contributed by atoms with E-state index in [0.717, 1.165) is 50.5 Å². The third kappa shape index (κ3) is 3.40. The van der Waals surface area contributed by atoms with Gasteiger partial charge in [-0.15, -0.1) is 0 Å². The fraction of sp³-hybridized carbons (Fsp3) is 0.692. The molecular weight excluding hydrogens is 228 g/mol. The molecule has 5 nitrogen and oxygen atoms in total. The number of anilines is 1. The number of hydrogen-bond donors (Lipinski definition) is 2. The van der Waals surface area contributed by atoms with E-state index in [1.54, 1.807) is 0 Å². The van der Waals surface area contributed by atoms with Crippen molar-refractivity contribution in [1.82, 2.24) is 15.3 Å². The Morgan fingerprint density at radius 3 is 2.50 bits per heavy atom. The first-order valence-electron chi connectivity index (χ1n) is 6.60. The summed E-state index contributed by atoms with van der Waals surface area (Å²) >= 11 is 0. The largest absolute Gasteiger partial charge is 0.390 e. The zero-order valence-electron chi connectivity index (χ0n) is 11.2. The van der Waals surface area contributed by atoms with Gasteiger partial charge in [0.1, 0.15) is 0 Å². The van der Waals surface area contributed by atoms with E-state index in [2.05, 4.69) is 27.1 Å². The first-order valence-corrected chi connectivity index (χ1v) is 6.60. The fourth-order valence-corrected chi connectivity index (χ4v) is 2.06. The summed E-state index contributed by atoms with van der Waals surface area (Å²) in [5.74, 6) is 0.769. The molecule has 0 bridgehead atoms. The summed E-state index contributed by atoms with van der Waals surface area (Å²) in [6.45, 7) is 7.37. The first kappa shape index (κ1) is 13.2. The van der Waals surface area contributed by atoms with Gasteiger partial charge in [-0.2, -0.15) is 0 Å². The number of aromatic nitrogens is 2. The minimum absolute atomic E-state index is 0.526. The van der Waals surface area contributed by atoms with Gasteiger partial charge in [-0.05, 0) is 26.3 Å². The topological polar surface area (TPSA) is 61.3 Å². The average molecular weight is 250 g/mol. The molecule has 5 heteroatoms. The molecule has 0 aliphatic carbocycles. The van der Waals surface area contributed by atoms with Gasteiger partial charge < -0.3 is 15.3 Å². The predicted octanol–water partition coefficient (Wildman–Crippen LogP) is 0.937. The Balaban J connectivity index is 1.94.